The summed E-state index contributed by atoms with van der Waals surface area (Å²) >= 11 is 12.1. The molecule has 4 rings (SSSR count). The van der Waals surface area contributed by atoms with Crippen molar-refractivity contribution in [2.45, 2.75) is 45.1 Å². The van der Waals surface area contributed by atoms with E-state index in [2.05, 4.69) is 39.4 Å². The summed E-state index contributed by atoms with van der Waals surface area (Å²) in [7, 11) is 2.17. The number of carbonyl (C=O) groups excluding carboxylic acids is 1. The molecule has 3 aromatic rings. The van der Waals surface area contributed by atoms with Gasteiger partial charge in [0.15, 0.2) is 10.3 Å². The fourth-order valence-electron chi connectivity index (χ4n) is 4.20. The number of pyridine rings is 1. The lowest BCUT2D eigenvalue weighted by Gasteiger charge is -2.33. The van der Waals surface area contributed by atoms with Crippen LogP contribution < -0.4 is 10.2 Å². The van der Waals surface area contributed by atoms with Crippen molar-refractivity contribution < 1.29 is 4.79 Å². The van der Waals surface area contributed by atoms with E-state index in [1.54, 1.807) is 10.8 Å². The summed E-state index contributed by atoms with van der Waals surface area (Å²) in [5, 5.41) is 3.35. The molecule has 8 heteroatoms. The van der Waals surface area contributed by atoms with Crippen molar-refractivity contribution >= 4 is 46.6 Å². The molecule has 1 saturated carbocycles. The fourth-order valence-corrected chi connectivity index (χ4v) is 4.51. The van der Waals surface area contributed by atoms with Gasteiger partial charge in [-0.25, -0.2) is 9.97 Å². The summed E-state index contributed by atoms with van der Waals surface area (Å²) in [6.07, 6.45) is 12.9. The van der Waals surface area contributed by atoms with Crippen LogP contribution in [0.5, 0.6) is 0 Å². The number of halogens is 2. The standard InChI is InChI=1S/C25H27Cl2N5O/c1-17-14-19(15-28-25(17)32-16-29-23(26)24(32)27)30-22(33)13-10-18-8-11-21(12-9-18)31(2)20-6-4-3-5-7-20/h8-16,20H,3-7H2,1-2H3,(H,30,33)/b13-10+. The number of nitrogens with zero attached hydrogens (tertiary/aromatic N) is 4. The van der Waals surface area contributed by atoms with Gasteiger partial charge in [0.2, 0.25) is 5.91 Å². The van der Waals surface area contributed by atoms with Crippen molar-refractivity contribution in [3.8, 4) is 5.82 Å². The molecule has 0 spiro atoms. The van der Waals surface area contributed by atoms with E-state index in [9.17, 15) is 4.79 Å². The Labute approximate surface area is 204 Å². The molecule has 1 fully saturated rings. The minimum Gasteiger partial charge on any atom is -0.372 e. The molecule has 33 heavy (non-hydrogen) atoms. The molecule has 0 saturated heterocycles. The molecular formula is C25H27Cl2N5O. The van der Waals surface area contributed by atoms with Gasteiger partial charge >= 0.3 is 0 Å². The number of hydrogen-bond donors (Lipinski definition) is 1. The molecule has 0 bridgehead atoms. The van der Waals surface area contributed by atoms with E-state index in [1.165, 1.54) is 50.2 Å². The molecule has 172 valence electrons. The quantitative estimate of drug-likeness (QED) is 0.417. The van der Waals surface area contributed by atoms with Crippen molar-refractivity contribution in [2.24, 2.45) is 0 Å². The minimum atomic E-state index is -0.226. The Morgan fingerprint density at radius 1 is 1.15 bits per heavy atom. The maximum atomic E-state index is 12.4. The van der Waals surface area contributed by atoms with E-state index in [0.29, 0.717) is 22.7 Å². The van der Waals surface area contributed by atoms with Gasteiger partial charge in [-0.15, -0.1) is 0 Å². The van der Waals surface area contributed by atoms with Crippen LogP contribution in [0.4, 0.5) is 11.4 Å². The second-order valence-electron chi connectivity index (χ2n) is 8.38. The van der Waals surface area contributed by atoms with Crippen LogP contribution in [-0.4, -0.2) is 33.5 Å². The van der Waals surface area contributed by atoms with Gasteiger partial charge in [0, 0.05) is 24.9 Å². The number of aryl methyl sites for hydroxylation is 1. The summed E-state index contributed by atoms with van der Waals surface area (Å²) in [4.78, 5) is 23.1. The highest BCUT2D eigenvalue weighted by molar-refractivity contribution is 6.40. The molecule has 0 unspecified atom stereocenters. The van der Waals surface area contributed by atoms with Crippen LogP contribution in [0, 0.1) is 6.92 Å². The normalized spacial score (nSPS) is 14.5. The van der Waals surface area contributed by atoms with Crippen molar-refractivity contribution in [1.29, 1.82) is 0 Å². The third kappa shape index (κ3) is 5.57. The number of anilines is 2. The van der Waals surface area contributed by atoms with E-state index in [4.69, 9.17) is 23.2 Å². The first-order chi connectivity index (χ1) is 15.9. The Morgan fingerprint density at radius 3 is 2.52 bits per heavy atom. The van der Waals surface area contributed by atoms with Gasteiger partial charge in [-0.05, 0) is 55.2 Å². The smallest absolute Gasteiger partial charge is 0.248 e. The highest BCUT2D eigenvalue weighted by Crippen LogP contribution is 2.27. The molecular weight excluding hydrogens is 457 g/mol. The number of aromatic nitrogens is 3. The summed E-state index contributed by atoms with van der Waals surface area (Å²) in [5.74, 6) is 0.377. The van der Waals surface area contributed by atoms with E-state index in [0.717, 1.165) is 11.1 Å². The Hall–Kier alpha value is -2.83. The van der Waals surface area contributed by atoms with E-state index in [1.807, 2.05) is 31.2 Å². The van der Waals surface area contributed by atoms with Crippen molar-refractivity contribution in [2.75, 3.05) is 17.3 Å². The van der Waals surface area contributed by atoms with Gasteiger partial charge < -0.3 is 10.2 Å². The summed E-state index contributed by atoms with van der Waals surface area (Å²) in [6.45, 7) is 1.88. The molecule has 6 nitrogen and oxygen atoms in total. The Kier molecular flexibility index (Phi) is 7.36. The fraction of sp³-hybridized carbons (Fsp3) is 0.320. The van der Waals surface area contributed by atoms with Crippen LogP contribution in [0.3, 0.4) is 0 Å². The molecule has 1 amide bonds. The number of benzene rings is 1. The van der Waals surface area contributed by atoms with Gasteiger partial charge in [-0.2, -0.15) is 0 Å². The lowest BCUT2D eigenvalue weighted by Crippen LogP contribution is -2.33. The molecule has 2 heterocycles. The zero-order valence-electron chi connectivity index (χ0n) is 18.8. The Bertz CT molecular complexity index is 1150. The third-order valence-electron chi connectivity index (χ3n) is 6.06. The first-order valence-electron chi connectivity index (χ1n) is 11.1. The average molecular weight is 484 g/mol. The molecule has 1 N–H and O–H groups in total. The summed E-state index contributed by atoms with van der Waals surface area (Å²) < 4.78 is 1.60. The van der Waals surface area contributed by atoms with Gasteiger partial charge in [0.1, 0.15) is 12.1 Å². The summed E-state index contributed by atoms with van der Waals surface area (Å²) in [5.41, 5.74) is 3.61. The predicted octanol–water partition coefficient (Wildman–Crippen LogP) is 6.30. The molecule has 0 atom stereocenters. The van der Waals surface area contributed by atoms with Crippen molar-refractivity contribution in [1.82, 2.24) is 14.5 Å². The van der Waals surface area contributed by atoms with E-state index in [-0.39, 0.29) is 11.1 Å². The number of carbonyl (C=O) groups is 1. The largest absolute Gasteiger partial charge is 0.372 e. The van der Waals surface area contributed by atoms with E-state index >= 15 is 0 Å². The van der Waals surface area contributed by atoms with Gasteiger partial charge in [0.05, 0.1) is 11.9 Å². The second kappa shape index (κ2) is 10.4. The number of imidazole rings is 1. The highest BCUT2D eigenvalue weighted by Gasteiger charge is 2.18. The van der Waals surface area contributed by atoms with Crippen LogP contribution >= 0.6 is 23.2 Å². The SMILES string of the molecule is Cc1cc(NC(=O)/C=C/c2ccc(N(C)C3CCCCC3)cc2)cnc1-n1cnc(Cl)c1Cl. The monoisotopic (exact) mass is 483 g/mol. The highest BCUT2D eigenvalue weighted by atomic mass is 35.5. The average Bonchev–Trinajstić information content (AvgIpc) is 3.16. The second-order valence-corrected chi connectivity index (χ2v) is 9.09. The molecule has 1 aromatic carbocycles. The molecule has 2 aromatic heterocycles. The lowest BCUT2D eigenvalue weighted by molar-refractivity contribution is -0.111. The first-order valence-corrected chi connectivity index (χ1v) is 11.9. The Morgan fingerprint density at radius 2 is 1.88 bits per heavy atom. The topological polar surface area (TPSA) is 63.1 Å². The van der Waals surface area contributed by atoms with Crippen LogP contribution in [0.2, 0.25) is 10.3 Å². The van der Waals surface area contributed by atoms with Crippen LogP contribution in [0.25, 0.3) is 11.9 Å². The van der Waals surface area contributed by atoms with Gasteiger partial charge in [-0.1, -0.05) is 54.6 Å². The molecule has 0 radical (unpaired) electrons. The number of rotatable bonds is 6. The van der Waals surface area contributed by atoms with Crippen LogP contribution in [-0.2, 0) is 4.79 Å². The van der Waals surface area contributed by atoms with Crippen molar-refractivity contribution in [3.05, 3.63) is 70.4 Å². The molecule has 1 aliphatic carbocycles. The number of hydrogen-bond acceptors (Lipinski definition) is 4. The predicted molar refractivity (Wildman–Crippen MR) is 135 cm³/mol. The minimum absolute atomic E-state index is 0.217. The van der Waals surface area contributed by atoms with Crippen LogP contribution in [0.15, 0.2) is 48.9 Å². The number of amides is 1. The maximum Gasteiger partial charge on any atom is 0.248 e. The third-order valence-corrected chi connectivity index (χ3v) is 6.80. The lowest BCUT2D eigenvalue weighted by atomic mass is 9.94. The zero-order valence-corrected chi connectivity index (χ0v) is 20.3. The van der Waals surface area contributed by atoms with E-state index < -0.39 is 0 Å². The Balaban J connectivity index is 1.37. The number of nitrogens with one attached hydrogen (secondary N) is 1. The molecule has 0 aliphatic heterocycles. The van der Waals surface area contributed by atoms with Crippen molar-refractivity contribution in [3.63, 3.8) is 0 Å². The molecule has 1 aliphatic rings. The van der Waals surface area contributed by atoms with Gasteiger partial charge in [-0.3, -0.25) is 9.36 Å². The zero-order chi connectivity index (χ0) is 23.4. The maximum absolute atomic E-state index is 12.4. The van der Waals surface area contributed by atoms with Gasteiger partial charge in [0.25, 0.3) is 0 Å². The summed E-state index contributed by atoms with van der Waals surface area (Å²) in [6, 6.07) is 10.8. The van der Waals surface area contributed by atoms with Crippen LogP contribution in [0.1, 0.15) is 43.2 Å². The first kappa shape index (κ1) is 23.3.